The predicted octanol–water partition coefficient (Wildman–Crippen LogP) is 3.07. The van der Waals surface area contributed by atoms with Gasteiger partial charge < -0.3 is 10.4 Å². The number of aromatic nitrogens is 2. The van der Waals surface area contributed by atoms with Crippen LogP contribution in [0.4, 0.5) is 5.69 Å². The van der Waals surface area contributed by atoms with Crippen molar-refractivity contribution in [2.24, 2.45) is 11.1 Å². The fraction of sp³-hybridized carbons (Fsp3) is 0.364. The van der Waals surface area contributed by atoms with Crippen LogP contribution >= 0.6 is 11.6 Å². The molecule has 1 aliphatic carbocycles. The van der Waals surface area contributed by atoms with Gasteiger partial charge >= 0.3 is 0 Å². The number of carbonyl (C=O) groups excluding carboxylic acids is 1. The molecular weight excluding hydrogens is 452 g/mol. The molecule has 1 heterocycles. The number of amides is 1. The Hall–Kier alpha value is -2.46. The van der Waals surface area contributed by atoms with Crippen LogP contribution in [0.15, 0.2) is 47.5 Å². The normalized spacial score (nSPS) is 19.2. The van der Waals surface area contributed by atoms with Crippen LogP contribution in [-0.4, -0.2) is 35.3 Å². The Morgan fingerprint density at radius 2 is 1.94 bits per heavy atom. The largest absolute Gasteiger partial charge is 0.393 e. The van der Waals surface area contributed by atoms with Gasteiger partial charge in [0.2, 0.25) is 15.9 Å². The first-order valence-electron chi connectivity index (χ1n) is 10.4. The summed E-state index contributed by atoms with van der Waals surface area (Å²) in [7, 11) is -4.04. The second-order valence-corrected chi connectivity index (χ2v) is 10.2. The molecular formula is C22H25ClN4O4S. The summed E-state index contributed by atoms with van der Waals surface area (Å²) < 4.78 is 26.2. The number of rotatable bonds is 6. The smallest absolute Gasteiger partial charge is 0.238 e. The van der Waals surface area contributed by atoms with Gasteiger partial charge in [-0.1, -0.05) is 29.8 Å². The lowest BCUT2D eigenvalue weighted by Gasteiger charge is -2.25. The first-order valence-corrected chi connectivity index (χ1v) is 12.4. The number of hydrogen-bond donors (Lipinski definition) is 3. The Labute approximate surface area is 191 Å². The molecule has 170 valence electrons. The maximum Gasteiger partial charge on any atom is 0.238 e. The molecule has 1 aromatic heterocycles. The maximum atomic E-state index is 12.5. The Morgan fingerprint density at radius 1 is 1.22 bits per heavy atom. The molecule has 1 aliphatic rings. The molecule has 1 fully saturated rings. The minimum Gasteiger partial charge on any atom is -0.393 e. The van der Waals surface area contributed by atoms with Gasteiger partial charge in [-0.15, -0.1) is 0 Å². The van der Waals surface area contributed by atoms with Gasteiger partial charge in [0.15, 0.2) is 0 Å². The average molecular weight is 477 g/mol. The molecule has 3 aromatic rings. The summed E-state index contributed by atoms with van der Waals surface area (Å²) in [6, 6.07) is 10.0. The fourth-order valence-corrected chi connectivity index (χ4v) is 5.11. The lowest BCUT2D eigenvalue weighted by atomic mass is 9.87. The van der Waals surface area contributed by atoms with E-state index < -0.39 is 10.0 Å². The third kappa shape index (κ3) is 5.29. The Morgan fingerprint density at radius 3 is 2.62 bits per heavy atom. The number of aliphatic hydroxyl groups is 1. The van der Waals surface area contributed by atoms with E-state index in [1.165, 1.54) is 6.07 Å². The van der Waals surface area contributed by atoms with Gasteiger partial charge in [0.05, 0.1) is 22.9 Å². The molecule has 0 bridgehead atoms. The fourth-order valence-electron chi connectivity index (χ4n) is 4.15. The van der Waals surface area contributed by atoms with Crippen molar-refractivity contribution < 1.29 is 18.3 Å². The Balaban J connectivity index is 1.59. The van der Waals surface area contributed by atoms with Crippen molar-refractivity contribution in [3.8, 4) is 0 Å². The van der Waals surface area contributed by atoms with Crippen molar-refractivity contribution in [1.29, 1.82) is 0 Å². The molecule has 0 radical (unpaired) electrons. The lowest BCUT2D eigenvalue weighted by molar-refractivity contribution is -0.115. The van der Waals surface area contributed by atoms with E-state index in [1.54, 1.807) is 41.2 Å². The summed E-state index contributed by atoms with van der Waals surface area (Å²) in [5.41, 5.74) is 1.39. The summed E-state index contributed by atoms with van der Waals surface area (Å²) in [5, 5.41) is 23.3. The van der Waals surface area contributed by atoms with Crippen LogP contribution in [0.25, 0.3) is 10.9 Å². The zero-order valence-electron chi connectivity index (χ0n) is 17.4. The molecule has 1 amide bonds. The van der Waals surface area contributed by atoms with Gasteiger partial charge in [-0.25, -0.2) is 13.6 Å². The number of halogens is 1. The molecule has 0 aliphatic heterocycles. The minimum atomic E-state index is -4.04. The lowest BCUT2D eigenvalue weighted by Crippen LogP contribution is -2.21. The summed E-state index contributed by atoms with van der Waals surface area (Å²) in [6.45, 7) is 0.625. The van der Waals surface area contributed by atoms with Gasteiger partial charge in [0.1, 0.15) is 0 Å². The highest BCUT2D eigenvalue weighted by molar-refractivity contribution is 7.89. The summed E-state index contributed by atoms with van der Waals surface area (Å²) >= 11 is 6.12. The Kier molecular flexibility index (Phi) is 6.52. The highest BCUT2D eigenvalue weighted by Gasteiger charge is 2.22. The van der Waals surface area contributed by atoms with Crippen molar-refractivity contribution in [1.82, 2.24) is 9.78 Å². The molecule has 0 saturated heterocycles. The second-order valence-electron chi connectivity index (χ2n) is 8.29. The molecule has 10 heteroatoms. The van der Waals surface area contributed by atoms with Crippen LogP contribution < -0.4 is 10.5 Å². The summed E-state index contributed by atoms with van der Waals surface area (Å²) in [4.78, 5) is 12.4. The van der Waals surface area contributed by atoms with E-state index in [-0.39, 0.29) is 23.3 Å². The van der Waals surface area contributed by atoms with Crippen molar-refractivity contribution in [3.63, 3.8) is 0 Å². The van der Waals surface area contributed by atoms with E-state index in [0.29, 0.717) is 39.6 Å². The second kappa shape index (κ2) is 9.19. The topological polar surface area (TPSA) is 127 Å². The molecule has 0 unspecified atom stereocenters. The van der Waals surface area contributed by atoms with E-state index in [1.807, 2.05) is 0 Å². The number of aliphatic hydroxyl groups excluding tert-OH is 1. The quantitative estimate of drug-likeness (QED) is 0.503. The number of nitrogens with one attached hydrogen (secondary N) is 1. The van der Waals surface area contributed by atoms with E-state index in [0.717, 1.165) is 25.7 Å². The number of anilines is 1. The van der Waals surface area contributed by atoms with Crippen molar-refractivity contribution in [3.05, 3.63) is 53.2 Å². The summed E-state index contributed by atoms with van der Waals surface area (Å²) in [5.74, 6) is 0.0263. The minimum absolute atomic E-state index is 0.0460. The van der Waals surface area contributed by atoms with E-state index in [9.17, 15) is 18.3 Å². The summed E-state index contributed by atoms with van der Waals surface area (Å²) in [6.07, 6.45) is 4.78. The van der Waals surface area contributed by atoms with Gasteiger partial charge in [0, 0.05) is 28.8 Å². The number of carbonyl (C=O) groups is 1. The van der Waals surface area contributed by atoms with Gasteiger partial charge in [-0.2, -0.15) is 5.10 Å². The van der Waals surface area contributed by atoms with Crippen LogP contribution in [0.3, 0.4) is 0 Å². The number of fused-ring (bicyclic) bond motifs is 1. The van der Waals surface area contributed by atoms with Crippen LogP contribution in [0.5, 0.6) is 0 Å². The van der Waals surface area contributed by atoms with Crippen molar-refractivity contribution in [2.75, 3.05) is 5.32 Å². The molecule has 0 atom stereocenters. The molecule has 1 saturated carbocycles. The maximum absolute atomic E-state index is 12.5. The standard InChI is InChI=1S/C22H25ClN4O4S/c23-19-4-2-1-3-15(19)9-22(29)25-16-10-20-18(21(11-16)32(24,30)31)13-27(26-20)12-14-5-7-17(28)8-6-14/h1-4,10-11,13-14,17,28H,5-9,12H2,(H,25,29)(H2,24,30,31). The molecule has 32 heavy (non-hydrogen) atoms. The average Bonchev–Trinajstić information content (AvgIpc) is 3.12. The third-order valence-corrected chi connectivity index (χ3v) is 7.11. The molecule has 2 aromatic carbocycles. The van der Waals surface area contributed by atoms with Crippen LogP contribution in [0.1, 0.15) is 31.2 Å². The van der Waals surface area contributed by atoms with Crippen molar-refractivity contribution >= 4 is 44.1 Å². The van der Waals surface area contributed by atoms with Gasteiger partial charge in [-0.3, -0.25) is 9.48 Å². The molecule has 4 rings (SSSR count). The van der Waals surface area contributed by atoms with Gasteiger partial charge in [0.25, 0.3) is 0 Å². The zero-order chi connectivity index (χ0) is 22.9. The number of hydrogen-bond acceptors (Lipinski definition) is 5. The number of nitrogens with two attached hydrogens (primary N) is 1. The predicted molar refractivity (Wildman–Crippen MR) is 123 cm³/mol. The van der Waals surface area contributed by atoms with E-state index in [4.69, 9.17) is 16.7 Å². The number of sulfonamides is 1. The highest BCUT2D eigenvalue weighted by atomic mass is 35.5. The zero-order valence-corrected chi connectivity index (χ0v) is 18.9. The monoisotopic (exact) mass is 476 g/mol. The van der Waals surface area contributed by atoms with E-state index in [2.05, 4.69) is 10.4 Å². The number of benzene rings is 2. The third-order valence-electron chi connectivity index (χ3n) is 5.80. The first-order chi connectivity index (χ1) is 15.2. The molecule has 4 N–H and O–H groups in total. The van der Waals surface area contributed by atoms with Crippen LogP contribution in [0, 0.1) is 5.92 Å². The van der Waals surface area contributed by atoms with Gasteiger partial charge in [-0.05, 0) is 55.4 Å². The SMILES string of the molecule is NS(=O)(=O)c1cc(NC(=O)Cc2ccccc2Cl)cc2nn(CC3CCC(O)CC3)cc12. The Bertz CT molecular complexity index is 1250. The first kappa shape index (κ1) is 22.7. The van der Waals surface area contributed by atoms with Crippen LogP contribution in [-0.2, 0) is 27.8 Å². The highest BCUT2D eigenvalue weighted by Crippen LogP contribution is 2.29. The molecule has 8 nitrogen and oxygen atoms in total. The van der Waals surface area contributed by atoms with Crippen molar-refractivity contribution in [2.45, 2.75) is 49.6 Å². The number of nitrogens with zero attached hydrogens (tertiary/aromatic N) is 2. The van der Waals surface area contributed by atoms with Crippen LogP contribution in [0.2, 0.25) is 5.02 Å². The molecule has 0 spiro atoms. The number of primary sulfonamides is 1. The van der Waals surface area contributed by atoms with E-state index >= 15 is 0 Å².